The van der Waals surface area contributed by atoms with Crippen molar-refractivity contribution in [2.75, 3.05) is 14.2 Å². The normalized spacial score (nSPS) is 10.6. The molecule has 1 aromatic rings. The predicted molar refractivity (Wildman–Crippen MR) is 81.2 cm³/mol. The predicted octanol–water partition coefficient (Wildman–Crippen LogP) is 3.01. The molecular formula is C16H18ClNO4. The highest BCUT2D eigenvalue weighted by atomic mass is 35.5. The first-order valence-corrected chi connectivity index (χ1v) is 7.17. The molecular weight excluding hydrogens is 306 g/mol. The molecule has 0 radical (unpaired) electrons. The Morgan fingerprint density at radius 1 is 1.14 bits per heavy atom. The molecule has 118 valence electrons. The first kappa shape index (κ1) is 18.0. The lowest BCUT2D eigenvalue weighted by Crippen LogP contribution is -2.27. The number of methoxy groups -OCH3 is 2. The lowest BCUT2D eigenvalue weighted by atomic mass is 9.74. The van der Waals surface area contributed by atoms with E-state index in [4.69, 9.17) is 11.6 Å². The van der Waals surface area contributed by atoms with E-state index in [2.05, 4.69) is 15.5 Å². The summed E-state index contributed by atoms with van der Waals surface area (Å²) in [5.41, 5.74) is -0.437. The van der Waals surface area contributed by atoms with Crippen molar-refractivity contribution in [2.24, 2.45) is 0 Å². The molecule has 0 heterocycles. The molecule has 0 saturated heterocycles. The molecule has 0 bridgehead atoms. The minimum Gasteiger partial charge on any atom is -0.469 e. The van der Waals surface area contributed by atoms with Gasteiger partial charge in [0.25, 0.3) is 0 Å². The summed E-state index contributed by atoms with van der Waals surface area (Å²) in [6.45, 7) is 0. The molecule has 0 atom stereocenters. The summed E-state index contributed by atoms with van der Waals surface area (Å²) in [5.74, 6) is -0.825. The zero-order valence-corrected chi connectivity index (χ0v) is 13.4. The average Bonchev–Trinajstić information content (AvgIpc) is 2.55. The van der Waals surface area contributed by atoms with Crippen LogP contribution >= 0.6 is 11.6 Å². The Morgan fingerprint density at radius 3 is 2.05 bits per heavy atom. The second kappa shape index (κ2) is 8.40. The Balaban J connectivity index is 3.11. The van der Waals surface area contributed by atoms with Gasteiger partial charge in [-0.1, -0.05) is 29.8 Å². The quantitative estimate of drug-likeness (QED) is 0.721. The molecule has 0 aliphatic heterocycles. The van der Waals surface area contributed by atoms with Crippen LogP contribution in [-0.2, 0) is 24.5 Å². The van der Waals surface area contributed by atoms with Crippen molar-refractivity contribution in [3.63, 3.8) is 0 Å². The van der Waals surface area contributed by atoms with Crippen LogP contribution in [0.2, 0.25) is 5.02 Å². The van der Waals surface area contributed by atoms with Crippen LogP contribution in [0.4, 0.5) is 0 Å². The number of hydrogen-bond acceptors (Lipinski definition) is 5. The van der Waals surface area contributed by atoms with E-state index in [-0.39, 0.29) is 25.7 Å². The van der Waals surface area contributed by atoms with Crippen molar-refractivity contribution in [2.45, 2.75) is 31.1 Å². The average molecular weight is 324 g/mol. The van der Waals surface area contributed by atoms with E-state index >= 15 is 0 Å². The Labute approximate surface area is 134 Å². The maximum absolute atomic E-state index is 11.4. The van der Waals surface area contributed by atoms with Crippen LogP contribution in [0, 0.1) is 11.3 Å². The van der Waals surface area contributed by atoms with Crippen LogP contribution in [-0.4, -0.2) is 26.2 Å². The maximum atomic E-state index is 11.4. The third kappa shape index (κ3) is 4.47. The second-order valence-electron chi connectivity index (χ2n) is 4.83. The second-order valence-corrected chi connectivity index (χ2v) is 5.23. The van der Waals surface area contributed by atoms with Crippen molar-refractivity contribution in [1.29, 1.82) is 5.26 Å². The van der Waals surface area contributed by atoms with Crippen molar-refractivity contribution >= 4 is 23.5 Å². The summed E-state index contributed by atoms with van der Waals surface area (Å²) in [6, 6.07) is 9.17. The Hall–Kier alpha value is -2.06. The van der Waals surface area contributed by atoms with Crippen molar-refractivity contribution in [3.8, 4) is 6.07 Å². The third-order valence-electron chi connectivity index (χ3n) is 3.57. The molecule has 0 fully saturated rings. The molecule has 0 aliphatic rings. The molecule has 0 N–H and O–H groups in total. The van der Waals surface area contributed by atoms with E-state index in [1.807, 2.05) is 0 Å². The summed E-state index contributed by atoms with van der Waals surface area (Å²) in [7, 11) is 2.58. The van der Waals surface area contributed by atoms with Gasteiger partial charge in [-0.05, 0) is 24.5 Å². The number of carbonyl (C=O) groups excluding carboxylic acids is 2. The van der Waals surface area contributed by atoms with Gasteiger partial charge < -0.3 is 9.47 Å². The fraction of sp³-hybridized carbons (Fsp3) is 0.438. The number of rotatable bonds is 7. The van der Waals surface area contributed by atoms with Gasteiger partial charge in [0.05, 0.1) is 25.7 Å². The van der Waals surface area contributed by atoms with Crippen LogP contribution in [0.1, 0.15) is 31.2 Å². The van der Waals surface area contributed by atoms with Gasteiger partial charge in [0.1, 0.15) is 0 Å². The van der Waals surface area contributed by atoms with E-state index in [1.54, 1.807) is 24.3 Å². The third-order valence-corrected chi connectivity index (χ3v) is 3.90. The van der Waals surface area contributed by atoms with E-state index in [0.29, 0.717) is 10.6 Å². The van der Waals surface area contributed by atoms with Crippen molar-refractivity contribution in [3.05, 3.63) is 34.9 Å². The summed E-state index contributed by atoms with van der Waals surface area (Å²) in [4.78, 5) is 22.9. The molecule has 1 aromatic carbocycles. The molecule has 0 aromatic heterocycles. The van der Waals surface area contributed by atoms with Crippen LogP contribution in [0.3, 0.4) is 0 Å². The molecule has 0 amide bonds. The smallest absolute Gasteiger partial charge is 0.305 e. The zero-order chi connectivity index (χ0) is 16.6. The topological polar surface area (TPSA) is 76.4 Å². The number of hydrogen-bond donors (Lipinski definition) is 0. The summed E-state index contributed by atoms with van der Waals surface area (Å²) in [5, 5.41) is 10.1. The van der Waals surface area contributed by atoms with Crippen LogP contribution < -0.4 is 0 Å². The van der Waals surface area contributed by atoms with E-state index in [0.717, 1.165) is 0 Å². The Morgan fingerprint density at radius 2 is 1.64 bits per heavy atom. The first-order chi connectivity index (χ1) is 10.5. The van der Waals surface area contributed by atoms with Gasteiger partial charge in [0, 0.05) is 17.9 Å². The van der Waals surface area contributed by atoms with Crippen molar-refractivity contribution in [1.82, 2.24) is 0 Å². The number of benzene rings is 1. The molecule has 0 aliphatic carbocycles. The maximum Gasteiger partial charge on any atom is 0.305 e. The van der Waals surface area contributed by atoms with Gasteiger partial charge in [0.2, 0.25) is 0 Å². The fourth-order valence-electron chi connectivity index (χ4n) is 2.25. The summed E-state index contributed by atoms with van der Waals surface area (Å²) < 4.78 is 9.26. The zero-order valence-electron chi connectivity index (χ0n) is 12.6. The number of nitriles is 1. The number of nitrogens with zero attached hydrogens (tertiary/aromatic N) is 1. The molecule has 0 spiro atoms. The molecule has 0 unspecified atom stereocenters. The molecule has 0 saturated carbocycles. The highest BCUT2D eigenvalue weighted by Gasteiger charge is 2.35. The molecule has 5 nitrogen and oxygen atoms in total. The molecule has 1 rings (SSSR count). The van der Waals surface area contributed by atoms with E-state index < -0.39 is 17.4 Å². The van der Waals surface area contributed by atoms with E-state index in [1.165, 1.54) is 14.2 Å². The standard InChI is InChI=1S/C16H18ClNO4/c1-21-14(19)7-9-16(11-18,10-8-15(20)22-2)12-5-3-4-6-13(12)17/h3-6H,7-10H2,1-2H3. The number of halogens is 1. The first-order valence-electron chi connectivity index (χ1n) is 6.79. The Kier molecular flexibility index (Phi) is 6.87. The number of ether oxygens (including phenoxy) is 2. The van der Waals surface area contributed by atoms with Crippen LogP contribution in [0.25, 0.3) is 0 Å². The van der Waals surface area contributed by atoms with E-state index in [9.17, 15) is 14.9 Å². The van der Waals surface area contributed by atoms with Gasteiger partial charge >= 0.3 is 11.9 Å². The van der Waals surface area contributed by atoms with Gasteiger partial charge in [-0.25, -0.2) is 0 Å². The van der Waals surface area contributed by atoms with Crippen molar-refractivity contribution < 1.29 is 19.1 Å². The minimum absolute atomic E-state index is 0.0659. The van der Waals surface area contributed by atoms with Gasteiger partial charge in [-0.15, -0.1) is 0 Å². The fourth-order valence-corrected chi connectivity index (χ4v) is 2.57. The summed E-state index contributed by atoms with van der Waals surface area (Å²) in [6.07, 6.45) is 0.570. The van der Waals surface area contributed by atoms with Crippen LogP contribution in [0.5, 0.6) is 0 Å². The minimum atomic E-state index is -1.04. The highest BCUT2D eigenvalue weighted by molar-refractivity contribution is 6.31. The molecule has 6 heteroatoms. The number of esters is 2. The largest absolute Gasteiger partial charge is 0.469 e. The monoisotopic (exact) mass is 323 g/mol. The summed E-state index contributed by atoms with van der Waals surface area (Å²) >= 11 is 6.20. The van der Waals surface area contributed by atoms with Gasteiger partial charge in [-0.2, -0.15) is 5.26 Å². The van der Waals surface area contributed by atoms with Gasteiger partial charge in [0.15, 0.2) is 0 Å². The van der Waals surface area contributed by atoms with Gasteiger partial charge in [-0.3, -0.25) is 9.59 Å². The number of carbonyl (C=O) groups is 2. The SMILES string of the molecule is COC(=O)CCC(C#N)(CCC(=O)OC)c1ccccc1Cl. The lowest BCUT2D eigenvalue weighted by molar-refractivity contribution is -0.141. The molecule has 22 heavy (non-hydrogen) atoms. The Bertz CT molecular complexity index is 560. The highest BCUT2D eigenvalue weighted by Crippen LogP contribution is 2.38. The lowest BCUT2D eigenvalue weighted by Gasteiger charge is -2.27. The van der Waals surface area contributed by atoms with Crippen LogP contribution in [0.15, 0.2) is 24.3 Å².